The molecule has 2 aromatic carbocycles. The van der Waals surface area contributed by atoms with Gasteiger partial charge in [-0.25, -0.2) is 0 Å². The standard InChI is InChI=1S/C15H13ClO2/c1-2-10-3-5-11(6-4-10)15(18)13-9-12(16)7-8-14(13)17/h3-9,17H,2H2,1H3. The second kappa shape index (κ2) is 5.23. The van der Waals surface area contributed by atoms with Crippen LogP contribution in [0, 0.1) is 0 Å². The predicted molar refractivity (Wildman–Crippen MR) is 72.4 cm³/mol. The fourth-order valence-electron chi connectivity index (χ4n) is 1.74. The van der Waals surface area contributed by atoms with Crippen LogP contribution in [0.25, 0.3) is 0 Å². The highest BCUT2D eigenvalue weighted by Crippen LogP contribution is 2.24. The van der Waals surface area contributed by atoms with Crippen molar-refractivity contribution < 1.29 is 9.90 Å². The van der Waals surface area contributed by atoms with E-state index < -0.39 is 0 Å². The van der Waals surface area contributed by atoms with Crippen molar-refractivity contribution in [1.82, 2.24) is 0 Å². The molecule has 0 atom stereocenters. The van der Waals surface area contributed by atoms with Crippen LogP contribution in [0.2, 0.25) is 5.02 Å². The Morgan fingerprint density at radius 1 is 1.17 bits per heavy atom. The van der Waals surface area contributed by atoms with Gasteiger partial charge in [0, 0.05) is 10.6 Å². The molecule has 0 aliphatic rings. The van der Waals surface area contributed by atoms with Crippen LogP contribution in [0.3, 0.4) is 0 Å². The maximum Gasteiger partial charge on any atom is 0.196 e. The first-order valence-electron chi connectivity index (χ1n) is 5.74. The van der Waals surface area contributed by atoms with Crippen LogP contribution in [-0.2, 0) is 6.42 Å². The Hall–Kier alpha value is -1.80. The Bertz CT molecular complexity index is 574. The van der Waals surface area contributed by atoms with Crippen molar-refractivity contribution in [2.24, 2.45) is 0 Å². The molecule has 2 nitrogen and oxygen atoms in total. The number of rotatable bonds is 3. The SMILES string of the molecule is CCc1ccc(C(=O)c2cc(Cl)ccc2O)cc1. The third-order valence-corrected chi connectivity index (χ3v) is 3.06. The van der Waals surface area contributed by atoms with Gasteiger partial charge in [-0.2, -0.15) is 0 Å². The third-order valence-electron chi connectivity index (χ3n) is 2.83. The van der Waals surface area contributed by atoms with Crippen molar-refractivity contribution >= 4 is 17.4 Å². The highest BCUT2D eigenvalue weighted by atomic mass is 35.5. The highest BCUT2D eigenvalue weighted by molar-refractivity contribution is 6.31. The Morgan fingerprint density at radius 2 is 1.83 bits per heavy atom. The van der Waals surface area contributed by atoms with E-state index in [1.54, 1.807) is 18.2 Å². The molecule has 2 aromatic rings. The summed E-state index contributed by atoms with van der Waals surface area (Å²) in [7, 11) is 0. The van der Waals surface area contributed by atoms with Crippen molar-refractivity contribution in [1.29, 1.82) is 0 Å². The van der Waals surface area contributed by atoms with Crippen molar-refractivity contribution in [3.05, 3.63) is 64.2 Å². The van der Waals surface area contributed by atoms with Crippen molar-refractivity contribution in [3.63, 3.8) is 0 Å². The van der Waals surface area contributed by atoms with Crippen LogP contribution in [0.4, 0.5) is 0 Å². The first kappa shape index (κ1) is 12.7. The van der Waals surface area contributed by atoms with E-state index in [0.717, 1.165) is 6.42 Å². The molecule has 0 aliphatic carbocycles. The fraction of sp³-hybridized carbons (Fsp3) is 0.133. The average molecular weight is 261 g/mol. The van der Waals surface area contributed by atoms with Crippen molar-refractivity contribution in [2.75, 3.05) is 0 Å². The second-order valence-electron chi connectivity index (χ2n) is 4.04. The number of benzene rings is 2. The van der Waals surface area contributed by atoms with Gasteiger partial charge < -0.3 is 5.11 Å². The Morgan fingerprint density at radius 3 is 2.44 bits per heavy atom. The summed E-state index contributed by atoms with van der Waals surface area (Å²) < 4.78 is 0. The van der Waals surface area contributed by atoms with Crippen LogP contribution in [-0.4, -0.2) is 10.9 Å². The molecule has 0 unspecified atom stereocenters. The van der Waals surface area contributed by atoms with Crippen LogP contribution >= 0.6 is 11.6 Å². The minimum atomic E-state index is -0.224. The molecule has 3 heteroatoms. The van der Waals surface area contributed by atoms with E-state index in [9.17, 15) is 9.90 Å². The molecule has 18 heavy (non-hydrogen) atoms. The number of ketones is 1. The Kier molecular flexibility index (Phi) is 3.68. The van der Waals surface area contributed by atoms with Gasteiger partial charge in [-0.15, -0.1) is 0 Å². The van der Waals surface area contributed by atoms with E-state index in [0.29, 0.717) is 10.6 Å². The molecule has 0 saturated heterocycles. The van der Waals surface area contributed by atoms with Gasteiger partial charge in [0.2, 0.25) is 0 Å². The number of carbonyl (C=O) groups is 1. The largest absolute Gasteiger partial charge is 0.507 e. The molecule has 0 bridgehead atoms. The highest BCUT2D eigenvalue weighted by Gasteiger charge is 2.13. The maximum atomic E-state index is 12.2. The summed E-state index contributed by atoms with van der Waals surface area (Å²) in [5.41, 5.74) is 1.94. The normalized spacial score (nSPS) is 10.3. The van der Waals surface area contributed by atoms with E-state index in [1.165, 1.54) is 17.7 Å². The molecule has 0 fully saturated rings. The number of aryl methyl sites for hydroxylation is 1. The molecule has 0 saturated carbocycles. The molecule has 0 spiro atoms. The van der Waals surface area contributed by atoms with E-state index in [4.69, 9.17) is 11.6 Å². The lowest BCUT2D eigenvalue weighted by Crippen LogP contribution is -2.01. The first-order chi connectivity index (χ1) is 8.61. The van der Waals surface area contributed by atoms with Gasteiger partial charge in [-0.05, 0) is 30.2 Å². The van der Waals surface area contributed by atoms with Crippen molar-refractivity contribution in [3.8, 4) is 5.75 Å². The monoisotopic (exact) mass is 260 g/mol. The first-order valence-corrected chi connectivity index (χ1v) is 6.11. The lowest BCUT2D eigenvalue weighted by atomic mass is 10.0. The van der Waals surface area contributed by atoms with Gasteiger partial charge in [0.1, 0.15) is 5.75 Å². The van der Waals surface area contributed by atoms with Gasteiger partial charge >= 0.3 is 0 Å². The fourth-order valence-corrected chi connectivity index (χ4v) is 1.91. The molecule has 0 amide bonds. The number of carbonyl (C=O) groups excluding carboxylic acids is 1. The van der Waals surface area contributed by atoms with Crippen LogP contribution in [0.1, 0.15) is 28.4 Å². The number of phenolic OH excluding ortho intramolecular Hbond substituents is 1. The summed E-state index contributed by atoms with van der Waals surface area (Å²) in [6.45, 7) is 2.06. The molecule has 2 rings (SSSR count). The second-order valence-corrected chi connectivity index (χ2v) is 4.48. The summed E-state index contributed by atoms with van der Waals surface area (Å²) >= 11 is 5.83. The van der Waals surface area contributed by atoms with E-state index in [-0.39, 0.29) is 17.1 Å². The van der Waals surface area contributed by atoms with E-state index in [1.807, 2.05) is 12.1 Å². The van der Waals surface area contributed by atoms with Crippen LogP contribution in [0.5, 0.6) is 5.75 Å². The van der Waals surface area contributed by atoms with Gasteiger partial charge in [0.05, 0.1) is 5.56 Å². The maximum absolute atomic E-state index is 12.2. The summed E-state index contributed by atoms with van der Waals surface area (Å²) in [5, 5.41) is 10.1. The molecule has 0 aromatic heterocycles. The molecule has 0 aliphatic heterocycles. The topological polar surface area (TPSA) is 37.3 Å². The molecular formula is C15H13ClO2. The zero-order chi connectivity index (χ0) is 13.1. The Balaban J connectivity index is 2.38. The van der Waals surface area contributed by atoms with Crippen LogP contribution in [0.15, 0.2) is 42.5 Å². The van der Waals surface area contributed by atoms with Crippen LogP contribution < -0.4 is 0 Å². The van der Waals surface area contributed by atoms with E-state index in [2.05, 4.69) is 6.92 Å². The molecule has 0 radical (unpaired) electrons. The quantitative estimate of drug-likeness (QED) is 0.852. The lowest BCUT2D eigenvalue weighted by molar-refractivity contribution is 0.103. The molecule has 0 heterocycles. The molecule has 1 N–H and O–H groups in total. The van der Waals surface area contributed by atoms with Gasteiger partial charge in [0.25, 0.3) is 0 Å². The van der Waals surface area contributed by atoms with Crippen molar-refractivity contribution in [2.45, 2.75) is 13.3 Å². The van der Waals surface area contributed by atoms with E-state index >= 15 is 0 Å². The third kappa shape index (κ3) is 2.54. The van der Waals surface area contributed by atoms with Gasteiger partial charge in [-0.3, -0.25) is 4.79 Å². The minimum Gasteiger partial charge on any atom is -0.507 e. The molecule has 92 valence electrons. The predicted octanol–water partition coefficient (Wildman–Crippen LogP) is 3.84. The summed E-state index contributed by atoms with van der Waals surface area (Å²) in [5.74, 6) is -0.276. The van der Waals surface area contributed by atoms with Gasteiger partial charge in [-0.1, -0.05) is 42.8 Å². The summed E-state index contributed by atoms with van der Waals surface area (Å²) in [4.78, 5) is 12.2. The number of hydrogen-bond acceptors (Lipinski definition) is 2. The summed E-state index contributed by atoms with van der Waals surface area (Å²) in [6, 6.07) is 11.8. The molecular weight excluding hydrogens is 248 g/mol. The number of halogens is 1. The lowest BCUT2D eigenvalue weighted by Gasteiger charge is -2.05. The summed E-state index contributed by atoms with van der Waals surface area (Å²) in [6.07, 6.45) is 0.927. The minimum absolute atomic E-state index is 0.0519. The Labute approximate surface area is 111 Å². The average Bonchev–Trinajstić information content (AvgIpc) is 2.41. The number of aromatic hydroxyl groups is 1. The smallest absolute Gasteiger partial charge is 0.196 e. The zero-order valence-corrected chi connectivity index (χ0v) is 10.7. The zero-order valence-electron chi connectivity index (χ0n) is 9.98. The van der Waals surface area contributed by atoms with Gasteiger partial charge in [0.15, 0.2) is 5.78 Å². The number of hydrogen-bond donors (Lipinski definition) is 1. The number of phenols is 1.